The predicted molar refractivity (Wildman–Crippen MR) is 36.4 cm³/mol. The largest absolute Gasteiger partial charge is 0.355 e. The standard InChI is InChI=1S/C7H12O3/c1-8-6-4-3-5-7(9-2)10-6/h3-4,6-7H,5H2,1-2H3. The first-order valence-electron chi connectivity index (χ1n) is 3.24. The summed E-state index contributed by atoms with van der Waals surface area (Å²) in [5.41, 5.74) is 0. The molecule has 1 rings (SSSR count). The van der Waals surface area contributed by atoms with E-state index in [2.05, 4.69) is 0 Å². The Morgan fingerprint density at radius 1 is 1.40 bits per heavy atom. The third-order valence-electron chi connectivity index (χ3n) is 1.40. The Labute approximate surface area is 60.6 Å². The van der Waals surface area contributed by atoms with Crippen molar-refractivity contribution in [3.05, 3.63) is 12.2 Å². The Balaban J connectivity index is 2.38. The minimum atomic E-state index is -0.237. The lowest BCUT2D eigenvalue weighted by molar-refractivity contribution is -0.214. The minimum absolute atomic E-state index is 0.144. The smallest absolute Gasteiger partial charge is 0.179 e. The molecule has 1 aliphatic heterocycles. The molecule has 0 spiro atoms. The summed E-state index contributed by atoms with van der Waals surface area (Å²) in [7, 11) is 3.23. The van der Waals surface area contributed by atoms with Gasteiger partial charge in [0, 0.05) is 20.6 Å². The van der Waals surface area contributed by atoms with Gasteiger partial charge in [-0.1, -0.05) is 6.08 Å². The van der Waals surface area contributed by atoms with E-state index in [4.69, 9.17) is 14.2 Å². The van der Waals surface area contributed by atoms with Gasteiger partial charge in [-0.05, 0) is 6.08 Å². The van der Waals surface area contributed by atoms with Crippen molar-refractivity contribution in [2.24, 2.45) is 0 Å². The van der Waals surface area contributed by atoms with Gasteiger partial charge < -0.3 is 14.2 Å². The molecular formula is C7H12O3. The second-order valence-corrected chi connectivity index (χ2v) is 2.07. The van der Waals surface area contributed by atoms with Gasteiger partial charge in [-0.15, -0.1) is 0 Å². The van der Waals surface area contributed by atoms with Crippen LogP contribution in [0.3, 0.4) is 0 Å². The van der Waals surface area contributed by atoms with Gasteiger partial charge in [-0.25, -0.2) is 0 Å². The molecule has 2 unspecified atom stereocenters. The third-order valence-corrected chi connectivity index (χ3v) is 1.40. The maximum absolute atomic E-state index is 5.25. The first-order chi connectivity index (χ1) is 4.86. The molecule has 1 heterocycles. The molecule has 0 N–H and O–H groups in total. The van der Waals surface area contributed by atoms with Gasteiger partial charge >= 0.3 is 0 Å². The van der Waals surface area contributed by atoms with Crippen LogP contribution in [0, 0.1) is 0 Å². The molecule has 0 aromatic rings. The van der Waals surface area contributed by atoms with Crippen LogP contribution in [0.15, 0.2) is 12.2 Å². The maximum atomic E-state index is 5.25. The summed E-state index contributed by atoms with van der Waals surface area (Å²) in [6, 6.07) is 0. The van der Waals surface area contributed by atoms with E-state index in [1.807, 2.05) is 12.2 Å². The molecule has 10 heavy (non-hydrogen) atoms. The summed E-state index contributed by atoms with van der Waals surface area (Å²) in [6.45, 7) is 0. The van der Waals surface area contributed by atoms with Crippen molar-refractivity contribution >= 4 is 0 Å². The lowest BCUT2D eigenvalue weighted by atomic mass is 10.3. The van der Waals surface area contributed by atoms with Crippen molar-refractivity contribution in [3.8, 4) is 0 Å². The van der Waals surface area contributed by atoms with Gasteiger partial charge in [-0.3, -0.25) is 0 Å². The van der Waals surface area contributed by atoms with Crippen LogP contribution >= 0.6 is 0 Å². The Morgan fingerprint density at radius 3 is 2.80 bits per heavy atom. The molecule has 0 aromatic heterocycles. The zero-order chi connectivity index (χ0) is 7.40. The Bertz CT molecular complexity index is 122. The molecule has 0 fully saturated rings. The van der Waals surface area contributed by atoms with E-state index in [-0.39, 0.29) is 12.6 Å². The molecule has 0 saturated carbocycles. The summed E-state index contributed by atoms with van der Waals surface area (Å²) in [5.74, 6) is 0. The monoisotopic (exact) mass is 144 g/mol. The summed E-state index contributed by atoms with van der Waals surface area (Å²) >= 11 is 0. The number of ether oxygens (including phenoxy) is 3. The second kappa shape index (κ2) is 3.71. The lowest BCUT2D eigenvalue weighted by Crippen LogP contribution is -2.26. The normalized spacial score (nSPS) is 32.6. The van der Waals surface area contributed by atoms with E-state index in [9.17, 15) is 0 Å². The van der Waals surface area contributed by atoms with Crippen LogP contribution in [-0.4, -0.2) is 26.8 Å². The number of rotatable bonds is 2. The number of methoxy groups -OCH3 is 2. The Kier molecular flexibility index (Phi) is 2.86. The van der Waals surface area contributed by atoms with E-state index < -0.39 is 0 Å². The van der Waals surface area contributed by atoms with E-state index in [0.717, 1.165) is 6.42 Å². The second-order valence-electron chi connectivity index (χ2n) is 2.07. The van der Waals surface area contributed by atoms with Crippen molar-refractivity contribution in [1.82, 2.24) is 0 Å². The third kappa shape index (κ3) is 1.80. The van der Waals surface area contributed by atoms with Gasteiger partial charge in [-0.2, -0.15) is 0 Å². The zero-order valence-corrected chi connectivity index (χ0v) is 6.24. The molecule has 0 bridgehead atoms. The minimum Gasteiger partial charge on any atom is -0.355 e. The van der Waals surface area contributed by atoms with Crippen molar-refractivity contribution < 1.29 is 14.2 Å². The highest BCUT2D eigenvalue weighted by atomic mass is 16.8. The van der Waals surface area contributed by atoms with Gasteiger partial charge in [0.2, 0.25) is 0 Å². The maximum Gasteiger partial charge on any atom is 0.179 e. The highest BCUT2D eigenvalue weighted by Crippen LogP contribution is 2.12. The first-order valence-corrected chi connectivity index (χ1v) is 3.24. The SMILES string of the molecule is COC1C=CCC(OC)O1. The molecule has 3 heteroatoms. The number of hydrogen-bond donors (Lipinski definition) is 0. The fourth-order valence-electron chi connectivity index (χ4n) is 0.837. The van der Waals surface area contributed by atoms with Gasteiger partial charge in [0.1, 0.15) is 0 Å². The summed E-state index contributed by atoms with van der Waals surface area (Å²) < 4.78 is 15.2. The van der Waals surface area contributed by atoms with E-state index >= 15 is 0 Å². The quantitative estimate of drug-likeness (QED) is 0.539. The molecule has 0 aliphatic carbocycles. The van der Waals surface area contributed by atoms with Crippen molar-refractivity contribution in [2.45, 2.75) is 19.0 Å². The number of hydrogen-bond acceptors (Lipinski definition) is 3. The van der Waals surface area contributed by atoms with Crippen molar-refractivity contribution in [3.63, 3.8) is 0 Å². The van der Waals surface area contributed by atoms with Crippen LogP contribution in [0.4, 0.5) is 0 Å². The molecule has 0 radical (unpaired) electrons. The molecule has 2 atom stereocenters. The van der Waals surface area contributed by atoms with Crippen LogP contribution in [0.5, 0.6) is 0 Å². The molecule has 3 nitrogen and oxygen atoms in total. The van der Waals surface area contributed by atoms with Crippen LogP contribution in [-0.2, 0) is 14.2 Å². The summed E-state index contributed by atoms with van der Waals surface area (Å²) in [5, 5.41) is 0. The Hall–Kier alpha value is -0.380. The zero-order valence-electron chi connectivity index (χ0n) is 6.24. The Morgan fingerprint density at radius 2 is 2.20 bits per heavy atom. The van der Waals surface area contributed by atoms with Gasteiger partial charge in [0.05, 0.1) is 0 Å². The molecule has 1 aliphatic rings. The van der Waals surface area contributed by atoms with Crippen LogP contribution < -0.4 is 0 Å². The van der Waals surface area contributed by atoms with Crippen molar-refractivity contribution in [1.29, 1.82) is 0 Å². The highest BCUT2D eigenvalue weighted by Gasteiger charge is 2.15. The fourth-order valence-corrected chi connectivity index (χ4v) is 0.837. The molecule has 0 aromatic carbocycles. The van der Waals surface area contributed by atoms with Gasteiger partial charge in [0.25, 0.3) is 0 Å². The van der Waals surface area contributed by atoms with Crippen LogP contribution in [0.1, 0.15) is 6.42 Å². The fraction of sp³-hybridized carbons (Fsp3) is 0.714. The summed E-state index contributed by atoms with van der Waals surface area (Å²) in [4.78, 5) is 0. The summed E-state index contributed by atoms with van der Waals surface area (Å²) in [6.07, 6.45) is 4.28. The average Bonchev–Trinajstić information content (AvgIpc) is 2.05. The molecule has 0 amide bonds. The average molecular weight is 144 g/mol. The van der Waals surface area contributed by atoms with Gasteiger partial charge in [0.15, 0.2) is 12.6 Å². The lowest BCUT2D eigenvalue weighted by Gasteiger charge is -2.23. The van der Waals surface area contributed by atoms with Crippen molar-refractivity contribution in [2.75, 3.05) is 14.2 Å². The van der Waals surface area contributed by atoms with Crippen LogP contribution in [0.25, 0.3) is 0 Å². The van der Waals surface area contributed by atoms with E-state index in [0.29, 0.717) is 0 Å². The molecule has 0 saturated heterocycles. The van der Waals surface area contributed by atoms with E-state index in [1.165, 1.54) is 0 Å². The van der Waals surface area contributed by atoms with E-state index in [1.54, 1.807) is 14.2 Å². The van der Waals surface area contributed by atoms with Crippen LogP contribution in [0.2, 0.25) is 0 Å². The highest BCUT2D eigenvalue weighted by molar-refractivity contribution is 4.90. The topological polar surface area (TPSA) is 27.7 Å². The predicted octanol–water partition coefficient (Wildman–Crippen LogP) is 0.908. The first kappa shape index (κ1) is 7.72. The molecule has 58 valence electrons. The molecular weight excluding hydrogens is 132 g/mol.